The van der Waals surface area contributed by atoms with Crippen molar-refractivity contribution in [2.24, 2.45) is 0 Å². The fraction of sp³-hybridized carbons (Fsp3) is 0.571. The zero-order valence-electron chi connectivity index (χ0n) is 10.8. The fourth-order valence-corrected chi connectivity index (χ4v) is 2.72. The molecule has 1 aromatic rings. The van der Waals surface area contributed by atoms with E-state index in [1.165, 1.54) is 12.1 Å². The van der Waals surface area contributed by atoms with Gasteiger partial charge in [-0.3, -0.25) is 0 Å². The molecule has 1 N–H and O–H groups in total. The maximum absolute atomic E-state index is 13.0. The molecular weight excluding hydrogens is 215 g/mol. The maximum atomic E-state index is 13.0. The van der Waals surface area contributed by atoms with Gasteiger partial charge in [0.25, 0.3) is 0 Å². The van der Waals surface area contributed by atoms with Gasteiger partial charge < -0.3 is 10.2 Å². The second kappa shape index (κ2) is 4.65. The molecule has 1 unspecified atom stereocenters. The minimum atomic E-state index is -0.174. The zero-order valence-corrected chi connectivity index (χ0v) is 10.8. The van der Waals surface area contributed by atoms with Gasteiger partial charge in [0.2, 0.25) is 0 Å². The van der Waals surface area contributed by atoms with E-state index in [9.17, 15) is 4.39 Å². The Balaban J connectivity index is 2.34. The standard InChI is InChI=1S/C14H21FN2/c1-11-10-16-9-8-14(2,3)17(11)13-6-4-12(15)5-7-13/h4-7,11,16H,8-10H2,1-3H3. The lowest BCUT2D eigenvalue weighted by Gasteiger charge is -2.42. The Hall–Kier alpha value is -1.09. The van der Waals surface area contributed by atoms with Crippen LogP contribution in [0.1, 0.15) is 27.2 Å². The van der Waals surface area contributed by atoms with Crippen molar-refractivity contribution in [2.75, 3.05) is 18.0 Å². The second-order valence-corrected chi connectivity index (χ2v) is 5.46. The van der Waals surface area contributed by atoms with Gasteiger partial charge in [-0.15, -0.1) is 0 Å². The predicted molar refractivity (Wildman–Crippen MR) is 69.9 cm³/mol. The Bertz CT molecular complexity index is 372. The molecule has 1 aliphatic rings. The summed E-state index contributed by atoms with van der Waals surface area (Å²) in [6.07, 6.45) is 1.09. The third-order valence-electron chi connectivity index (χ3n) is 3.55. The highest BCUT2D eigenvalue weighted by Crippen LogP contribution is 2.30. The molecule has 17 heavy (non-hydrogen) atoms. The topological polar surface area (TPSA) is 15.3 Å². The van der Waals surface area contributed by atoms with Crippen LogP contribution in [0.2, 0.25) is 0 Å². The van der Waals surface area contributed by atoms with Crippen LogP contribution in [0.15, 0.2) is 24.3 Å². The summed E-state index contributed by atoms with van der Waals surface area (Å²) in [5, 5.41) is 3.45. The van der Waals surface area contributed by atoms with Crippen LogP contribution in [-0.2, 0) is 0 Å². The third kappa shape index (κ3) is 2.60. The van der Waals surface area contributed by atoms with Crippen LogP contribution in [-0.4, -0.2) is 24.7 Å². The molecule has 1 aromatic carbocycles. The van der Waals surface area contributed by atoms with Gasteiger partial charge in [0.15, 0.2) is 0 Å². The Morgan fingerprint density at radius 3 is 2.59 bits per heavy atom. The minimum absolute atomic E-state index is 0.0980. The first kappa shape index (κ1) is 12.4. The van der Waals surface area contributed by atoms with E-state index in [1.54, 1.807) is 0 Å². The van der Waals surface area contributed by atoms with Gasteiger partial charge >= 0.3 is 0 Å². The van der Waals surface area contributed by atoms with Gasteiger partial charge in [0.05, 0.1) is 0 Å². The molecule has 1 saturated heterocycles. The molecule has 0 spiro atoms. The van der Waals surface area contributed by atoms with E-state index in [4.69, 9.17) is 0 Å². The van der Waals surface area contributed by atoms with E-state index in [1.807, 2.05) is 12.1 Å². The average molecular weight is 236 g/mol. The average Bonchev–Trinajstić information content (AvgIpc) is 2.39. The van der Waals surface area contributed by atoms with Crippen molar-refractivity contribution in [3.05, 3.63) is 30.1 Å². The summed E-state index contributed by atoms with van der Waals surface area (Å²) < 4.78 is 13.0. The van der Waals surface area contributed by atoms with E-state index in [0.717, 1.165) is 25.2 Å². The highest BCUT2D eigenvalue weighted by atomic mass is 19.1. The zero-order chi connectivity index (χ0) is 12.5. The van der Waals surface area contributed by atoms with Crippen molar-refractivity contribution >= 4 is 5.69 Å². The Kier molecular flexibility index (Phi) is 3.38. The summed E-state index contributed by atoms with van der Waals surface area (Å²) in [6.45, 7) is 8.72. The summed E-state index contributed by atoms with van der Waals surface area (Å²) in [4.78, 5) is 2.40. The van der Waals surface area contributed by atoms with Crippen LogP contribution in [0.4, 0.5) is 10.1 Å². The van der Waals surface area contributed by atoms with E-state index in [0.29, 0.717) is 6.04 Å². The monoisotopic (exact) mass is 236 g/mol. The van der Waals surface area contributed by atoms with Gasteiger partial charge in [-0.1, -0.05) is 0 Å². The first-order valence-electron chi connectivity index (χ1n) is 6.26. The molecule has 2 rings (SSSR count). The van der Waals surface area contributed by atoms with Gasteiger partial charge in [0.1, 0.15) is 5.82 Å². The summed E-state index contributed by atoms with van der Waals surface area (Å²) in [7, 11) is 0. The number of nitrogens with one attached hydrogen (secondary N) is 1. The second-order valence-electron chi connectivity index (χ2n) is 5.46. The number of halogens is 1. The van der Waals surface area contributed by atoms with E-state index in [2.05, 4.69) is 31.0 Å². The molecule has 1 aliphatic heterocycles. The number of nitrogens with zero attached hydrogens (tertiary/aromatic N) is 1. The fourth-order valence-electron chi connectivity index (χ4n) is 2.72. The van der Waals surface area contributed by atoms with Crippen molar-refractivity contribution in [1.82, 2.24) is 5.32 Å². The lowest BCUT2D eigenvalue weighted by molar-refractivity contribution is 0.426. The molecule has 0 saturated carbocycles. The largest absolute Gasteiger partial charge is 0.362 e. The van der Waals surface area contributed by atoms with Crippen LogP contribution in [0.5, 0.6) is 0 Å². The minimum Gasteiger partial charge on any atom is -0.362 e. The molecular formula is C14H21FN2. The van der Waals surface area contributed by atoms with E-state index < -0.39 is 0 Å². The van der Waals surface area contributed by atoms with Crippen molar-refractivity contribution in [2.45, 2.75) is 38.8 Å². The van der Waals surface area contributed by atoms with Crippen molar-refractivity contribution in [3.63, 3.8) is 0 Å². The molecule has 0 aromatic heterocycles. The Labute approximate surface area is 103 Å². The summed E-state index contributed by atoms with van der Waals surface area (Å²) in [5.74, 6) is -0.174. The van der Waals surface area contributed by atoms with Crippen molar-refractivity contribution in [3.8, 4) is 0 Å². The van der Waals surface area contributed by atoms with Crippen LogP contribution in [0.3, 0.4) is 0 Å². The number of hydrogen-bond donors (Lipinski definition) is 1. The molecule has 3 heteroatoms. The molecule has 94 valence electrons. The molecule has 0 bridgehead atoms. The number of hydrogen-bond acceptors (Lipinski definition) is 2. The summed E-state index contributed by atoms with van der Waals surface area (Å²) in [6, 6.07) is 7.24. The SMILES string of the molecule is CC1CNCCC(C)(C)N1c1ccc(F)cc1. The van der Waals surface area contributed by atoms with Crippen LogP contribution < -0.4 is 10.2 Å². The third-order valence-corrected chi connectivity index (χ3v) is 3.55. The molecule has 0 amide bonds. The van der Waals surface area contributed by atoms with E-state index >= 15 is 0 Å². The van der Waals surface area contributed by atoms with Crippen molar-refractivity contribution in [1.29, 1.82) is 0 Å². The smallest absolute Gasteiger partial charge is 0.123 e. The molecule has 1 heterocycles. The van der Waals surface area contributed by atoms with Gasteiger partial charge in [0, 0.05) is 23.8 Å². The van der Waals surface area contributed by atoms with Crippen LogP contribution >= 0.6 is 0 Å². The molecule has 1 atom stereocenters. The van der Waals surface area contributed by atoms with Crippen molar-refractivity contribution < 1.29 is 4.39 Å². The molecule has 1 fully saturated rings. The lowest BCUT2D eigenvalue weighted by atomic mass is 9.96. The van der Waals surface area contributed by atoms with Crippen LogP contribution in [0.25, 0.3) is 0 Å². The first-order valence-corrected chi connectivity index (χ1v) is 6.26. The number of rotatable bonds is 1. The number of benzene rings is 1. The number of anilines is 1. The molecule has 0 radical (unpaired) electrons. The highest BCUT2D eigenvalue weighted by molar-refractivity contribution is 5.50. The van der Waals surface area contributed by atoms with E-state index in [-0.39, 0.29) is 11.4 Å². The predicted octanol–water partition coefficient (Wildman–Crippen LogP) is 2.79. The van der Waals surface area contributed by atoms with Gasteiger partial charge in [-0.05, 0) is 58.0 Å². The first-order chi connectivity index (χ1) is 8.00. The molecule has 2 nitrogen and oxygen atoms in total. The maximum Gasteiger partial charge on any atom is 0.123 e. The summed E-state index contributed by atoms with van der Waals surface area (Å²) in [5.41, 5.74) is 1.20. The van der Waals surface area contributed by atoms with Gasteiger partial charge in [-0.25, -0.2) is 4.39 Å². The normalized spacial score (nSPS) is 24.5. The highest BCUT2D eigenvalue weighted by Gasteiger charge is 2.32. The summed E-state index contributed by atoms with van der Waals surface area (Å²) >= 11 is 0. The van der Waals surface area contributed by atoms with Gasteiger partial charge in [-0.2, -0.15) is 0 Å². The van der Waals surface area contributed by atoms with Crippen LogP contribution in [0, 0.1) is 5.82 Å². The lowest BCUT2D eigenvalue weighted by Crippen LogP contribution is -2.49. The molecule has 0 aliphatic carbocycles. The Morgan fingerprint density at radius 2 is 1.94 bits per heavy atom. The quantitative estimate of drug-likeness (QED) is 0.806. The Morgan fingerprint density at radius 1 is 1.29 bits per heavy atom.